The maximum Gasteiger partial charge on any atom is 0.130 e. The van der Waals surface area contributed by atoms with Crippen LogP contribution in [0.5, 0.6) is 5.75 Å². The summed E-state index contributed by atoms with van der Waals surface area (Å²) in [6, 6.07) is 19.4. The number of benzene rings is 3. The third-order valence-corrected chi connectivity index (χ3v) is 5.09. The third kappa shape index (κ3) is 2.60. The van der Waals surface area contributed by atoms with Gasteiger partial charge in [-0.1, -0.05) is 54.6 Å². The van der Waals surface area contributed by atoms with Gasteiger partial charge in [0.05, 0.1) is 7.11 Å². The van der Waals surface area contributed by atoms with Crippen LogP contribution in [0.25, 0.3) is 6.08 Å². The fourth-order valence-electron chi connectivity index (χ4n) is 3.78. The summed E-state index contributed by atoms with van der Waals surface area (Å²) in [5.74, 6) is -0.368. The molecule has 1 aliphatic carbocycles. The van der Waals surface area contributed by atoms with Crippen molar-refractivity contribution in [3.63, 3.8) is 0 Å². The van der Waals surface area contributed by atoms with Crippen molar-refractivity contribution in [3.05, 3.63) is 107 Å². The largest absolute Gasteiger partial charge is 0.497 e. The zero-order chi connectivity index (χ0) is 18.1. The van der Waals surface area contributed by atoms with Gasteiger partial charge < -0.3 is 4.74 Å². The Morgan fingerprint density at radius 1 is 0.846 bits per heavy atom. The van der Waals surface area contributed by atoms with Crippen molar-refractivity contribution in [3.8, 4) is 5.75 Å². The Bertz CT molecular complexity index is 956. The summed E-state index contributed by atoms with van der Waals surface area (Å²) in [7, 11) is 1.60. The van der Waals surface area contributed by atoms with Crippen molar-refractivity contribution in [1.82, 2.24) is 0 Å². The highest BCUT2D eigenvalue weighted by molar-refractivity contribution is 5.64. The van der Waals surface area contributed by atoms with Crippen LogP contribution in [0, 0.1) is 11.6 Å². The van der Waals surface area contributed by atoms with Crippen molar-refractivity contribution >= 4 is 6.08 Å². The minimum absolute atomic E-state index is 0.0796. The summed E-state index contributed by atoms with van der Waals surface area (Å²) in [6.45, 7) is 0. The molecule has 0 saturated heterocycles. The lowest BCUT2D eigenvalue weighted by molar-refractivity contribution is 0.414. The molecule has 4 rings (SSSR count). The van der Waals surface area contributed by atoms with Crippen LogP contribution in [0.15, 0.2) is 72.8 Å². The molecule has 1 aliphatic rings. The van der Waals surface area contributed by atoms with Gasteiger partial charge in [0.1, 0.15) is 17.4 Å². The highest BCUT2D eigenvalue weighted by atomic mass is 19.1. The number of hydrogen-bond donors (Lipinski definition) is 0. The van der Waals surface area contributed by atoms with Crippen LogP contribution in [0.3, 0.4) is 0 Å². The van der Waals surface area contributed by atoms with E-state index in [0.717, 1.165) is 16.7 Å². The molecule has 0 bridgehead atoms. The van der Waals surface area contributed by atoms with Crippen LogP contribution in [0.1, 0.15) is 22.3 Å². The number of halogens is 2. The molecule has 3 heteroatoms. The van der Waals surface area contributed by atoms with Crippen LogP contribution in [0.2, 0.25) is 0 Å². The fourth-order valence-corrected chi connectivity index (χ4v) is 3.78. The van der Waals surface area contributed by atoms with E-state index in [-0.39, 0.29) is 5.56 Å². The summed E-state index contributed by atoms with van der Waals surface area (Å²) in [6.07, 6.45) is 4.36. The van der Waals surface area contributed by atoms with Crippen LogP contribution in [0.4, 0.5) is 8.78 Å². The molecule has 3 aromatic carbocycles. The number of fused-ring (bicyclic) bond motifs is 1. The van der Waals surface area contributed by atoms with E-state index in [0.29, 0.717) is 12.2 Å². The summed E-state index contributed by atoms with van der Waals surface area (Å²) in [5, 5.41) is 0. The monoisotopic (exact) mass is 348 g/mol. The summed E-state index contributed by atoms with van der Waals surface area (Å²) in [5.41, 5.74) is 2.14. The van der Waals surface area contributed by atoms with E-state index in [2.05, 4.69) is 0 Å². The Morgan fingerprint density at radius 2 is 1.54 bits per heavy atom. The third-order valence-electron chi connectivity index (χ3n) is 5.09. The Morgan fingerprint density at radius 3 is 2.23 bits per heavy atom. The second-order valence-electron chi connectivity index (χ2n) is 6.51. The number of methoxy groups -OCH3 is 1. The molecule has 26 heavy (non-hydrogen) atoms. The van der Waals surface area contributed by atoms with Gasteiger partial charge in [0.2, 0.25) is 0 Å². The van der Waals surface area contributed by atoms with Gasteiger partial charge in [-0.15, -0.1) is 0 Å². The lowest BCUT2D eigenvalue weighted by Gasteiger charge is -2.36. The second kappa shape index (κ2) is 6.41. The van der Waals surface area contributed by atoms with E-state index in [1.165, 1.54) is 18.2 Å². The van der Waals surface area contributed by atoms with Crippen LogP contribution >= 0.6 is 0 Å². The molecule has 0 radical (unpaired) electrons. The number of allylic oxidation sites excluding steroid dienone is 1. The molecule has 0 heterocycles. The van der Waals surface area contributed by atoms with Gasteiger partial charge in [-0.25, -0.2) is 8.78 Å². The zero-order valence-corrected chi connectivity index (χ0v) is 14.4. The van der Waals surface area contributed by atoms with Gasteiger partial charge >= 0.3 is 0 Å². The minimum atomic E-state index is -0.907. The van der Waals surface area contributed by atoms with Crippen LogP contribution in [-0.4, -0.2) is 7.11 Å². The molecular formula is C23H18F2O. The molecule has 0 aromatic heterocycles. The van der Waals surface area contributed by atoms with Gasteiger partial charge in [0.15, 0.2) is 0 Å². The molecule has 0 fully saturated rings. The molecule has 130 valence electrons. The zero-order valence-electron chi connectivity index (χ0n) is 14.4. The van der Waals surface area contributed by atoms with E-state index in [1.54, 1.807) is 7.11 Å². The van der Waals surface area contributed by atoms with Gasteiger partial charge in [-0.05, 0) is 47.4 Å². The molecule has 0 saturated carbocycles. The van der Waals surface area contributed by atoms with E-state index >= 15 is 0 Å². The molecule has 0 aliphatic heterocycles. The maximum atomic E-state index is 14.8. The standard InChI is InChI=1S/C23H18F2O/c1-26-19-11-9-18(10-12-19)23(22-20(24)7-4-8-21(22)25)14-13-16-5-2-3-6-17(16)15-23/h2-14H,15H2,1H3. The highest BCUT2D eigenvalue weighted by Crippen LogP contribution is 2.43. The molecule has 1 atom stereocenters. The van der Waals surface area contributed by atoms with Crippen LogP contribution in [-0.2, 0) is 11.8 Å². The Balaban J connectivity index is 1.96. The Kier molecular flexibility index (Phi) is 4.08. The van der Waals surface area contributed by atoms with Crippen molar-refractivity contribution < 1.29 is 13.5 Å². The first-order chi connectivity index (χ1) is 12.6. The average Bonchev–Trinajstić information content (AvgIpc) is 2.68. The second-order valence-corrected chi connectivity index (χ2v) is 6.51. The number of hydrogen-bond acceptors (Lipinski definition) is 1. The van der Waals surface area contributed by atoms with Gasteiger partial charge in [-0.3, -0.25) is 0 Å². The number of ether oxygens (including phenoxy) is 1. The maximum absolute atomic E-state index is 14.8. The molecule has 1 nitrogen and oxygen atoms in total. The van der Waals surface area contributed by atoms with Crippen molar-refractivity contribution in [2.45, 2.75) is 11.8 Å². The molecular weight excluding hydrogens is 330 g/mol. The van der Waals surface area contributed by atoms with Gasteiger partial charge in [0.25, 0.3) is 0 Å². The molecule has 3 aromatic rings. The molecule has 0 N–H and O–H groups in total. The summed E-state index contributed by atoms with van der Waals surface area (Å²) in [4.78, 5) is 0. The van der Waals surface area contributed by atoms with E-state index < -0.39 is 17.0 Å². The quantitative estimate of drug-likeness (QED) is 0.605. The average molecular weight is 348 g/mol. The van der Waals surface area contributed by atoms with E-state index in [1.807, 2.05) is 60.7 Å². The van der Waals surface area contributed by atoms with E-state index in [9.17, 15) is 8.78 Å². The topological polar surface area (TPSA) is 9.23 Å². The SMILES string of the molecule is COc1ccc(C2(c3c(F)cccc3F)C=Cc3ccccc3C2)cc1. The Labute approximate surface area is 151 Å². The van der Waals surface area contributed by atoms with Crippen LogP contribution < -0.4 is 4.74 Å². The normalized spacial score (nSPS) is 18.4. The molecule has 1 unspecified atom stereocenters. The lowest BCUT2D eigenvalue weighted by atomic mass is 9.67. The molecule has 0 spiro atoms. The van der Waals surface area contributed by atoms with Gasteiger partial charge in [-0.2, -0.15) is 0 Å². The van der Waals surface area contributed by atoms with E-state index in [4.69, 9.17) is 4.74 Å². The van der Waals surface area contributed by atoms with Crippen molar-refractivity contribution in [1.29, 1.82) is 0 Å². The predicted molar refractivity (Wildman–Crippen MR) is 99.3 cm³/mol. The van der Waals surface area contributed by atoms with Crippen molar-refractivity contribution in [2.75, 3.05) is 7.11 Å². The fraction of sp³-hybridized carbons (Fsp3) is 0.130. The lowest BCUT2D eigenvalue weighted by Crippen LogP contribution is -2.32. The minimum Gasteiger partial charge on any atom is -0.497 e. The summed E-state index contributed by atoms with van der Waals surface area (Å²) >= 11 is 0. The molecule has 0 amide bonds. The smallest absolute Gasteiger partial charge is 0.130 e. The number of rotatable bonds is 3. The Hall–Kier alpha value is -2.94. The first-order valence-electron chi connectivity index (χ1n) is 8.50. The first-order valence-corrected chi connectivity index (χ1v) is 8.50. The summed E-state index contributed by atoms with van der Waals surface area (Å²) < 4.78 is 34.8. The predicted octanol–water partition coefficient (Wildman–Crippen LogP) is 5.53. The highest BCUT2D eigenvalue weighted by Gasteiger charge is 2.39. The first kappa shape index (κ1) is 16.5. The van der Waals surface area contributed by atoms with Crippen molar-refractivity contribution in [2.24, 2.45) is 0 Å². The van der Waals surface area contributed by atoms with Gasteiger partial charge in [0, 0.05) is 11.0 Å².